The molecule has 0 aliphatic rings. The topological polar surface area (TPSA) is 63.4 Å². The van der Waals surface area contributed by atoms with Crippen molar-refractivity contribution in [3.8, 4) is 0 Å². The monoisotopic (exact) mass is 368 g/mol. The molecule has 2 rings (SSSR count). The second-order valence-electron chi connectivity index (χ2n) is 4.78. The summed E-state index contributed by atoms with van der Waals surface area (Å²) in [6.45, 7) is 2.33. The van der Waals surface area contributed by atoms with Crippen molar-refractivity contribution in [2.75, 3.05) is 11.4 Å². The summed E-state index contributed by atoms with van der Waals surface area (Å²) in [5, 5.41) is 0. The molecular formula is C15H17BrN2O2S. The minimum Gasteiger partial charge on any atom is -0.326 e. The van der Waals surface area contributed by atoms with E-state index in [4.69, 9.17) is 5.73 Å². The van der Waals surface area contributed by atoms with E-state index >= 15 is 0 Å². The van der Waals surface area contributed by atoms with Crippen LogP contribution in [0.25, 0.3) is 0 Å². The van der Waals surface area contributed by atoms with Crippen LogP contribution in [0, 0.1) is 6.92 Å². The number of hydrogen-bond acceptors (Lipinski definition) is 3. The molecule has 0 heterocycles. The third-order valence-electron chi connectivity index (χ3n) is 3.27. The first-order chi connectivity index (χ1) is 9.86. The second kappa shape index (κ2) is 6.17. The number of sulfonamides is 1. The molecule has 0 unspecified atom stereocenters. The standard InChI is InChI=1S/C15H17BrN2O2S/c1-11-3-6-13(7-4-11)18(2)21(19,20)15-8-5-12(10-17)9-14(15)16/h3-9H,10,17H2,1-2H3. The number of nitrogens with zero attached hydrogens (tertiary/aromatic N) is 1. The predicted octanol–water partition coefficient (Wildman–Crippen LogP) is 3.04. The number of hydrogen-bond donors (Lipinski definition) is 1. The molecule has 0 atom stereocenters. The molecule has 21 heavy (non-hydrogen) atoms. The zero-order valence-corrected chi connectivity index (χ0v) is 14.3. The zero-order valence-electron chi connectivity index (χ0n) is 11.9. The van der Waals surface area contributed by atoms with Crippen LogP contribution in [-0.4, -0.2) is 15.5 Å². The van der Waals surface area contributed by atoms with Gasteiger partial charge in [-0.3, -0.25) is 4.31 Å². The quantitative estimate of drug-likeness (QED) is 0.901. The van der Waals surface area contributed by atoms with Crippen LogP contribution in [0.5, 0.6) is 0 Å². The van der Waals surface area contributed by atoms with Crippen LogP contribution < -0.4 is 10.0 Å². The smallest absolute Gasteiger partial charge is 0.265 e. The Morgan fingerprint density at radius 3 is 2.29 bits per heavy atom. The van der Waals surface area contributed by atoms with Crippen LogP contribution in [-0.2, 0) is 16.6 Å². The fourth-order valence-corrected chi connectivity index (χ4v) is 4.20. The number of anilines is 1. The molecule has 112 valence electrons. The molecule has 0 saturated heterocycles. The summed E-state index contributed by atoms with van der Waals surface area (Å²) in [5.74, 6) is 0. The molecule has 2 aromatic carbocycles. The zero-order chi connectivity index (χ0) is 15.6. The number of nitrogens with two attached hydrogens (primary N) is 1. The second-order valence-corrected chi connectivity index (χ2v) is 7.57. The number of aryl methyl sites for hydroxylation is 1. The highest BCUT2D eigenvalue weighted by Crippen LogP contribution is 2.28. The van der Waals surface area contributed by atoms with Gasteiger partial charge < -0.3 is 5.73 Å². The maximum atomic E-state index is 12.7. The molecule has 0 saturated carbocycles. The molecule has 0 amide bonds. The molecule has 0 aliphatic heterocycles. The average Bonchev–Trinajstić information content (AvgIpc) is 2.46. The minimum atomic E-state index is -3.61. The van der Waals surface area contributed by atoms with Crippen LogP contribution in [0.15, 0.2) is 51.8 Å². The van der Waals surface area contributed by atoms with Gasteiger partial charge in [0.1, 0.15) is 4.90 Å². The molecule has 6 heteroatoms. The van der Waals surface area contributed by atoms with E-state index in [1.54, 1.807) is 37.4 Å². The van der Waals surface area contributed by atoms with Crippen molar-refractivity contribution < 1.29 is 8.42 Å². The van der Waals surface area contributed by atoms with Crippen LogP contribution in [0.4, 0.5) is 5.69 Å². The van der Waals surface area contributed by atoms with Crippen molar-refractivity contribution in [1.29, 1.82) is 0 Å². The van der Waals surface area contributed by atoms with E-state index in [9.17, 15) is 8.42 Å². The van der Waals surface area contributed by atoms with Crippen LogP contribution >= 0.6 is 15.9 Å². The highest BCUT2D eigenvalue weighted by molar-refractivity contribution is 9.10. The maximum Gasteiger partial charge on any atom is 0.265 e. The fourth-order valence-electron chi connectivity index (χ4n) is 1.92. The van der Waals surface area contributed by atoms with Crippen molar-refractivity contribution in [1.82, 2.24) is 0 Å². The van der Waals surface area contributed by atoms with Crippen molar-refractivity contribution >= 4 is 31.6 Å². The minimum absolute atomic E-state index is 0.225. The van der Waals surface area contributed by atoms with Gasteiger partial charge >= 0.3 is 0 Å². The van der Waals surface area contributed by atoms with E-state index in [1.165, 1.54) is 4.31 Å². The van der Waals surface area contributed by atoms with Gasteiger partial charge in [0.25, 0.3) is 10.0 Å². The number of halogens is 1. The largest absolute Gasteiger partial charge is 0.326 e. The molecule has 2 N–H and O–H groups in total. The summed E-state index contributed by atoms with van der Waals surface area (Å²) in [6, 6.07) is 12.4. The lowest BCUT2D eigenvalue weighted by Gasteiger charge is -2.20. The summed E-state index contributed by atoms with van der Waals surface area (Å²) in [6.07, 6.45) is 0. The van der Waals surface area contributed by atoms with E-state index in [2.05, 4.69) is 15.9 Å². The van der Waals surface area contributed by atoms with Gasteiger partial charge in [-0.05, 0) is 52.7 Å². The summed E-state index contributed by atoms with van der Waals surface area (Å²) in [7, 11) is -2.07. The van der Waals surface area contributed by atoms with Gasteiger partial charge in [-0.2, -0.15) is 0 Å². The Balaban J connectivity index is 2.44. The Kier molecular flexibility index (Phi) is 4.70. The Morgan fingerprint density at radius 1 is 1.14 bits per heavy atom. The Morgan fingerprint density at radius 2 is 1.76 bits per heavy atom. The van der Waals surface area contributed by atoms with E-state index in [1.807, 2.05) is 19.1 Å². The average molecular weight is 369 g/mol. The number of benzene rings is 2. The Bertz CT molecular complexity index is 743. The lowest BCUT2D eigenvalue weighted by Crippen LogP contribution is -2.26. The lowest BCUT2D eigenvalue weighted by molar-refractivity contribution is 0.594. The van der Waals surface area contributed by atoms with Crippen LogP contribution in [0.2, 0.25) is 0 Å². The first-order valence-corrected chi connectivity index (χ1v) is 8.63. The van der Waals surface area contributed by atoms with Crippen LogP contribution in [0.3, 0.4) is 0 Å². The van der Waals surface area contributed by atoms with Gasteiger partial charge in [-0.15, -0.1) is 0 Å². The van der Waals surface area contributed by atoms with Gasteiger partial charge in [-0.25, -0.2) is 8.42 Å². The van der Waals surface area contributed by atoms with Crippen molar-refractivity contribution in [3.05, 3.63) is 58.1 Å². The molecule has 0 aromatic heterocycles. The highest BCUT2D eigenvalue weighted by Gasteiger charge is 2.23. The van der Waals surface area contributed by atoms with Crippen molar-refractivity contribution in [2.45, 2.75) is 18.4 Å². The molecule has 0 radical (unpaired) electrons. The fraction of sp³-hybridized carbons (Fsp3) is 0.200. The van der Waals surface area contributed by atoms with Crippen molar-refractivity contribution in [2.24, 2.45) is 5.73 Å². The molecule has 0 bridgehead atoms. The first kappa shape index (κ1) is 16.0. The summed E-state index contributed by atoms with van der Waals surface area (Å²) in [4.78, 5) is 0.225. The van der Waals surface area contributed by atoms with Gasteiger partial charge in [0, 0.05) is 18.1 Å². The normalized spacial score (nSPS) is 11.4. The molecule has 0 aliphatic carbocycles. The van der Waals surface area contributed by atoms with E-state index in [0.29, 0.717) is 16.7 Å². The SMILES string of the molecule is Cc1ccc(N(C)S(=O)(=O)c2ccc(CN)cc2Br)cc1. The maximum absolute atomic E-state index is 12.7. The predicted molar refractivity (Wildman–Crippen MR) is 88.8 cm³/mol. The summed E-state index contributed by atoms with van der Waals surface area (Å²) < 4.78 is 27.2. The van der Waals surface area contributed by atoms with E-state index < -0.39 is 10.0 Å². The summed E-state index contributed by atoms with van der Waals surface area (Å²) in [5.41, 5.74) is 8.14. The molecular weight excluding hydrogens is 352 g/mol. The number of rotatable bonds is 4. The Labute approximate surface area is 133 Å². The van der Waals surface area contributed by atoms with Crippen LogP contribution in [0.1, 0.15) is 11.1 Å². The third kappa shape index (κ3) is 3.28. The van der Waals surface area contributed by atoms with Gasteiger partial charge in [0.15, 0.2) is 0 Å². The summed E-state index contributed by atoms with van der Waals surface area (Å²) >= 11 is 3.31. The van der Waals surface area contributed by atoms with Gasteiger partial charge in [0.2, 0.25) is 0 Å². The molecule has 2 aromatic rings. The van der Waals surface area contributed by atoms with Gasteiger partial charge in [-0.1, -0.05) is 23.8 Å². The van der Waals surface area contributed by atoms with Gasteiger partial charge in [0.05, 0.1) is 5.69 Å². The molecule has 4 nitrogen and oxygen atoms in total. The van der Waals surface area contributed by atoms with Crippen molar-refractivity contribution in [3.63, 3.8) is 0 Å². The lowest BCUT2D eigenvalue weighted by atomic mass is 10.2. The van der Waals surface area contributed by atoms with E-state index in [-0.39, 0.29) is 4.90 Å². The molecule has 0 fully saturated rings. The Hall–Kier alpha value is -1.37. The molecule has 0 spiro atoms. The van der Waals surface area contributed by atoms with E-state index in [0.717, 1.165) is 11.1 Å². The highest BCUT2D eigenvalue weighted by atomic mass is 79.9. The third-order valence-corrected chi connectivity index (χ3v) is 6.03. The first-order valence-electron chi connectivity index (χ1n) is 6.40.